The first-order valence-electron chi connectivity index (χ1n) is 17.6. The molecule has 0 amide bonds. The molecule has 0 fully saturated rings. The number of unbranched alkanes of at least 4 members (excludes halogenated alkanes) is 2. The Hall–Kier alpha value is -3.46. The number of Topliss-reactive ketones (excluding diaryl/α,β-unsaturated/α-hetero) is 1. The number of hydrogen-bond acceptors (Lipinski definition) is 2. The minimum absolute atomic E-state index is 0.0601. The third kappa shape index (κ3) is 5.51. The molecule has 0 spiro atoms. The highest BCUT2D eigenvalue weighted by Crippen LogP contribution is 2.51. The van der Waals surface area contributed by atoms with E-state index in [1.54, 1.807) is 16.7 Å². The van der Waals surface area contributed by atoms with Gasteiger partial charge in [-0.25, -0.2) is 0 Å². The Morgan fingerprint density at radius 3 is 2.47 bits per heavy atom. The van der Waals surface area contributed by atoms with Crippen molar-refractivity contribution in [2.45, 2.75) is 111 Å². The van der Waals surface area contributed by atoms with E-state index < -0.39 is 0 Å². The Labute approximate surface area is 271 Å². The summed E-state index contributed by atoms with van der Waals surface area (Å²) in [6, 6.07) is 18.2. The predicted molar refractivity (Wildman–Crippen MR) is 191 cm³/mol. The number of benzene rings is 3. The molecule has 3 aromatic rings. The number of anilines is 1. The number of aryl methyl sites for hydroxylation is 1. The number of nitrogens with zero attached hydrogens (tertiary/aromatic N) is 2. The average molecular weight is 602 g/mol. The van der Waals surface area contributed by atoms with Gasteiger partial charge in [0.1, 0.15) is 12.3 Å². The van der Waals surface area contributed by atoms with Crippen LogP contribution < -0.4 is 4.90 Å². The minimum atomic E-state index is -0.0957. The van der Waals surface area contributed by atoms with Crippen LogP contribution in [0.25, 0.3) is 10.8 Å². The van der Waals surface area contributed by atoms with E-state index in [2.05, 4.69) is 111 Å². The Morgan fingerprint density at radius 2 is 1.69 bits per heavy atom. The van der Waals surface area contributed by atoms with Crippen molar-refractivity contribution in [1.29, 1.82) is 0 Å². The van der Waals surface area contributed by atoms with Crippen LogP contribution in [0.1, 0.15) is 109 Å². The Kier molecular flexibility index (Phi) is 8.67. The molecule has 0 saturated carbocycles. The molecule has 3 nitrogen and oxygen atoms in total. The first kappa shape index (κ1) is 31.5. The Morgan fingerprint density at radius 1 is 0.911 bits per heavy atom. The van der Waals surface area contributed by atoms with Crippen LogP contribution in [-0.4, -0.2) is 29.2 Å². The van der Waals surface area contributed by atoms with Crippen molar-refractivity contribution < 1.29 is 9.37 Å². The average Bonchev–Trinajstić information content (AvgIpc) is 3.39. The van der Waals surface area contributed by atoms with E-state index in [-0.39, 0.29) is 16.7 Å². The van der Waals surface area contributed by atoms with Gasteiger partial charge >= 0.3 is 0 Å². The fourth-order valence-corrected chi connectivity index (χ4v) is 8.51. The number of hydrogen-bond donors (Lipinski definition) is 0. The minimum Gasteiger partial charge on any atom is -0.344 e. The molecule has 2 aliphatic heterocycles. The summed E-state index contributed by atoms with van der Waals surface area (Å²) in [7, 11) is 0. The fourth-order valence-electron chi connectivity index (χ4n) is 8.51. The number of likely N-dealkylation sites (N-methyl/N-ethyl adjacent to an activating group) is 1. The summed E-state index contributed by atoms with van der Waals surface area (Å²) >= 11 is 0. The highest BCUT2D eigenvalue weighted by molar-refractivity contribution is 6.04. The van der Waals surface area contributed by atoms with Crippen LogP contribution in [0, 0.1) is 5.92 Å². The highest BCUT2D eigenvalue weighted by atomic mass is 16.1. The molecule has 3 aromatic carbocycles. The van der Waals surface area contributed by atoms with Crippen molar-refractivity contribution in [3.8, 4) is 0 Å². The number of fused-ring (bicyclic) bond motifs is 6. The molecule has 236 valence electrons. The maximum atomic E-state index is 12.2. The largest absolute Gasteiger partial charge is 0.344 e. The van der Waals surface area contributed by atoms with E-state index in [0.717, 1.165) is 32.4 Å². The zero-order valence-corrected chi connectivity index (χ0v) is 28.8. The summed E-state index contributed by atoms with van der Waals surface area (Å²) in [5.74, 6) is 0.533. The topological polar surface area (TPSA) is 23.3 Å². The Balaban J connectivity index is 1.35. The van der Waals surface area contributed by atoms with Crippen LogP contribution in [0.5, 0.6) is 0 Å². The van der Waals surface area contributed by atoms with Gasteiger partial charge in [-0.05, 0) is 98.9 Å². The van der Waals surface area contributed by atoms with Gasteiger partial charge in [0.25, 0.3) is 0 Å². The molecule has 0 atom stereocenters. The van der Waals surface area contributed by atoms with E-state index in [1.807, 2.05) is 13.8 Å². The van der Waals surface area contributed by atoms with Gasteiger partial charge in [-0.15, -0.1) is 0 Å². The summed E-state index contributed by atoms with van der Waals surface area (Å²) < 4.78 is 2.61. The standard InChI is InChI=1S/C42H53N2O/c1-8-43-34-26-24-30-17-11-13-19-32(30)39(34)41(4,5)37(43)22-16-23-38-42(6,7)40-33-20-14-12-18-31(33)25-27-35(40)44(38)28-15-9-10-21-36(45)29(2)3/h11,13,16-17,19,22-27,29H,8-10,12,14-15,18,20-21,28H2,1-7H3/q+1. The summed E-state index contributed by atoms with van der Waals surface area (Å²) in [5, 5.41) is 2.67. The number of allylic oxidation sites excluding steroid dienone is 4. The van der Waals surface area contributed by atoms with E-state index in [0.29, 0.717) is 12.2 Å². The van der Waals surface area contributed by atoms with E-state index in [1.165, 1.54) is 64.8 Å². The smallest absolute Gasteiger partial charge is 0.210 e. The Bertz CT molecular complexity index is 1710. The molecule has 45 heavy (non-hydrogen) atoms. The molecule has 3 heteroatoms. The number of rotatable bonds is 10. The molecule has 0 aromatic heterocycles. The van der Waals surface area contributed by atoms with Crippen molar-refractivity contribution in [3.05, 3.63) is 94.7 Å². The molecule has 3 aliphatic rings. The van der Waals surface area contributed by atoms with Gasteiger partial charge in [-0.2, -0.15) is 4.58 Å². The second-order valence-electron chi connectivity index (χ2n) is 14.9. The molecular formula is C42H53N2O+. The van der Waals surface area contributed by atoms with Gasteiger partial charge < -0.3 is 4.90 Å². The maximum Gasteiger partial charge on any atom is 0.210 e. The highest BCUT2D eigenvalue weighted by Gasteiger charge is 2.46. The predicted octanol–water partition coefficient (Wildman–Crippen LogP) is 10.1. The van der Waals surface area contributed by atoms with E-state index in [9.17, 15) is 4.79 Å². The fraction of sp³-hybridized carbons (Fsp3) is 0.476. The molecule has 0 N–H and O–H groups in total. The van der Waals surface area contributed by atoms with E-state index >= 15 is 0 Å². The van der Waals surface area contributed by atoms with Crippen LogP contribution >= 0.6 is 0 Å². The summed E-state index contributed by atoms with van der Waals surface area (Å²) in [5.41, 5.74) is 11.5. The van der Waals surface area contributed by atoms with Crippen LogP contribution in [-0.2, 0) is 28.5 Å². The van der Waals surface area contributed by atoms with Crippen molar-refractivity contribution in [2.24, 2.45) is 5.92 Å². The number of ketones is 1. The van der Waals surface area contributed by atoms with Gasteiger partial charge in [0.2, 0.25) is 5.69 Å². The molecule has 6 rings (SSSR count). The number of carbonyl (C=O) groups excluding carboxylic acids is 1. The summed E-state index contributed by atoms with van der Waals surface area (Å²) in [6.45, 7) is 17.9. The molecule has 0 bridgehead atoms. The third-order valence-electron chi connectivity index (χ3n) is 10.9. The summed E-state index contributed by atoms with van der Waals surface area (Å²) in [6.07, 6.45) is 16.0. The van der Waals surface area contributed by atoms with Gasteiger partial charge in [-0.1, -0.05) is 70.2 Å². The first-order valence-corrected chi connectivity index (χ1v) is 17.6. The summed E-state index contributed by atoms with van der Waals surface area (Å²) in [4.78, 5) is 14.7. The molecular weight excluding hydrogens is 548 g/mol. The molecule has 2 heterocycles. The lowest BCUT2D eigenvalue weighted by Gasteiger charge is -2.26. The zero-order valence-electron chi connectivity index (χ0n) is 28.8. The molecule has 0 radical (unpaired) electrons. The number of carbonyl (C=O) groups is 1. The van der Waals surface area contributed by atoms with Crippen LogP contribution in [0.15, 0.2) is 72.5 Å². The quantitative estimate of drug-likeness (QED) is 0.170. The van der Waals surface area contributed by atoms with Gasteiger partial charge in [0.15, 0.2) is 5.71 Å². The zero-order chi connectivity index (χ0) is 31.9. The van der Waals surface area contributed by atoms with Crippen molar-refractivity contribution in [2.75, 3.05) is 18.0 Å². The SMILES string of the molecule is CCN1/C(=C\C=C\C2=[N+](CCCCCC(=O)C(C)C)c3ccc4c(c3C2(C)C)CCCC4)C(C)(C)c2c1ccc1ccccc21. The van der Waals surface area contributed by atoms with Gasteiger partial charge in [-0.3, -0.25) is 4.79 Å². The van der Waals surface area contributed by atoms with Gasteiger partial charge in [0.05, 0.1) is 5.41 Å². The van der Waals surface area contributed by atoms with Crippen LogP contribution in [0.4, 0.5) is 11.4 Å². The van der Waals surface area contributed by atoms with Crippen LogP contribution in [0.2, 0.25) is 0 Å². The van der Waals surface area contributed by atoms with Crippen molar-refractivity contribution >= 4 is 33.6 Å². The molecule has 0 unspecified atom stereocenters. The van der Waals surface area contributed by atoms with E-state index in [4.69, 9.17) is 0 Å². The lowest BCUT2D eigenvalue weighted by molar-refractivity contribution is -0.438. The lowest BCUT2D eigenvalue weighted by Crippen LogP contribution is -2.29. The van der Waals surface area contributed by atoms with Crippen molar-refractivity contribution in [1.82, 2.24) is 0 Å². The second-order valence-corrected chi connectivity index (χ2v) is 14.9. The van der Waals surface area contributed by atoms with Crippen molar-refractivity contribution in [3.63, 3.8) is 0 Å². The monoisotopic (exact) mass is 601 g/mol. The maximum absolute atomic E-state index is 12.2. The van der Waals surface area contributed by atoms with Gasteiger partial charge in [0, 0.05) is 59.8 Å². The third-order valence-corrected chi connectivity index (χ3v) is 10.9. The molecule has 0 saturated heterocycles. The lowest BCUT2D eigenvalue weighted by atomic mass is 9.75. The second kappa shape index (κ2) is 12.4. The normalized spacial score (nSPS) is 19.2. The van der Waals surface area contributed by atoms with Crippen LogP contribution in [0.3, 0.4) is 0 Å². The molecule has 1 aliphatic carbocycles. The first-order chi connectivity index (χ1) is 21.6.